The normalized spacial score (nSPS) is 14.7. The number of nitrogens with zero attached hydrogens (tertiary/aromatic N) is 5. The zero-order chi connectivity index (χ0) is 26.0. The number of rotatable bonds is 7. The monoisotopic (exact) mass is 517 g/mol. The van der Waals surface area contributed by atoms with Crippen LogP contribution in [0.4, 0.5) is 0 Å². The van der Waals surface area contributed by atoms with Crippen molar-refractivity contribution in [3.8, 4) is 5.69 Å². The summed E-state index contributed by atoms with van der Waals surface area (Å²) in [5.41, 5.74) is 3.39. The highest BCUT2D eigenvalue weighted by molar-refractivity contribution is 7.91. The Bertz CT molecular complexity index is 1480. The van der Waals surface area contributed by atoms with Gasteiger partial charge in [0, 0.05) is 37.9 Å². The van der Waals surface area contributed by atoms with Crippen LogP contribution >= 0.6 is 0 Å². The molecule has 0 atom stereocenters. The summed E-state index contributed by atoms with van der Waals surface area (Å²) in [4.78, 5) is 20.1. The van der Waals surface area contributed by atoms with Crippen molar-refractivity contribution in [3.63, 3.8) is 0 Å². The second kappa shape index (κ2) is 10.3. The largest absolute Gasteiger partial charge is 0.338 e. The molecule has 4 aromatic rings. The summed E-state index contributed by atoms with van der Waals surface area (Å²) in [7, 11) is -3.38. The average molecular weight is 518 g/mol. The molecule has 0 bridgehead atoms. The molecule has 9 heteroatoms. The van der Waals surface area contributed by atoms with Gasteiger partial charge in [-0.25, -0.2) is 18.1 Å². The van der Waals surface area contributed by atoms with Gasteiger partial charge in [0.1, 0.15) is 5.82 Å². The molecule has 8 nitrogen and oxygen atoms in total. The number of carbonyl (C=O) groups excluding carboxylic acids is 1. The molecule has 1 fully saturated rings. The van der Waals surface area contributed by atoms with Crippen LogP contribution in [0.1, 0.15) is 46.2 Å². The van der Waals surface area contributed by atoms with Gasteiger partial charge < -0.3 is 9.47 Å². The Hall–Kier alpha value is -3.72. The molecule has 3 heterocycles. The molecule has 0 unspecified atom stereocenters. The fourth-order valence-electron chi connectivity index (χ4n) is 4.91. The van der Waals surface area contributed by atoms with Crippen LogP contribution in [0.2, 0.25) is 0 Å². The van der Waals surface area contributed by atoms with Crippen LogP contribution < -0.4 is 0 Å². The van der Waals surface area contributed by atoms with Crippen molar-refractivity contribution in [3.05, 3.63) is 95.8 Å². The highest BCUT2D eigenvalue weighted by Gasteiger charge is 2.29. The number of hydrogen-bond acceptors (Lipinski definition) is 5. The maximum atomic E-state index is 13.3. The molecule has 192 valence electrons. The molecule has 0 radical (unpaired) electrons. The second-order valence-electron chi connectivity index (χ2n) is 9.57. The third-order valence-corrected chi connectivity index (χ3v) is 8.83. The number of hydrogen-bond donors (Lipinski definition) is 0. The lowest BCUT2D eigenvalue weighted by Gasteiger charge is -2.32. The van der Waals surface area contributed by atoms with Crippen LogP contribution in [0.5, 0.6) is 0 Å². The van der Waals surface area contributed by atoms with Crippen LogP contribution in [0.15, 0.2) is 78.1 Å². The van der Waals surface area contributed by atoms with Crippen molar-refractivity contribution in [2.75, 3.05) is 18.8 Å². The number of imidazole rings is 1. The average Bonchev–Trinajstić information content (AvgIpc) is 3.54. The number of para-hydroxylation sites is 1. The molecule has 1 aliphatic rings. The minimum atomic E-state index is -3.38. The van der Waals surface area contributed by atoms with E-state index in [4.69, 9.17) is 0 Å². The molecule has 1 aliphatic heterocycles. The van der Waals surface area contributed by atoms with E-state index in [0.29, 0.717) is 30.1 Å². The minimum absolute atomic E-state index is 0.00864. The summed E-state index contributed by atoms with van der Waals surface area (Å²) in [6.07, 6.45) is 6.78. The van der Waals surface area contributed by atoms with Crippen LogP contribution in [0, 0.1) is 13.8 Å². The van der Waals surface area contributed by atoms with Crippen molar-refractivity contribution in [2.45, 2.75) is 44.0 Å². The summed E-state index contributed by atoms with van der Waals surface area (Å²) >= 11 is 0. The van der Waals surface area contributed by atoms with Gasteiger partial charge in [0.2, 0.25) is 0 Å². The number of benzene rings is 2. The highest BCUT2D eigenvalue weighted by atomic mass is 32.2. The van der Waals surface area contributed by atoms with Gasteiger partial charge in [-0.2, -0.15) is 5.10 Å². The number of piperidine rings is 1. The standard InChI is InChI=1S/C28H31N5O3S/c1-21-8-10-25(11-9-21)37(35,36)19-18-31-17-14-29-27(31)23-12-15-32(16-13-23)28(34)26-20-30-33(22(26)2)24-6-4-3-5-7-24/h3-11,14,17,20,23H,12-13,15-16,18-19H2,1-2H3. The van der Waals surface area contributed by atoms with Gasteiger partial charge in [-0.15, -0.1) is 0 Å². The molecule has 1 saturated heterocycles. The first-order valence-electron chi connectivity index (χ1n) is 12.5. The van der Waals surface area contributed by atoms with E-state index in [1.165, 1.54) is 0 Å². The van der Waals surface area contributed by atoms with Gasteiger partial charge in [-0.3, -0.25) is 4.79 Å². The Kier molecular flexibility index (Phi) is 6.97. The fourth-order valence-corrected chi connectivity index (χ4v) is 6.14. The van der Waals surface area contributed by atoms with Gasteiger partial charge in [-0.1, -0.05) is 35.9 Å². The molecule has 0 spiro atoms. The number of amides is 1. The van der Waals surface area contributed by atoms with E-state index in [2.05, 4.69) is 10.1 Å². The van der Waals surface area contributed by atoms with Crippen LogP contribution in [0.3, 0.4) is 0 Å². The molecule has 2 aromatic heterocycles. The van der Waals surface area contributed by atoms with E-state index in [1.54, 1.807) is 29.2 Å². The van der Waals surface area contributed by atoms with E-state index < -0.39 is 9.84 Å². The van der Waals surface area contributed by atoms with Gasteiger partial charge in [-0.05, 0) is 51.0 Å². The summed E-state index contributed by atoms with van der Waals surface area (Å²) < 4.78 is 29.4. The van der Waals surface area contributed by atoms with E-state index in [0.717, 1.165) is 35.6 Å². The Morgan fingerprint density at radius 1 is 1.00 bits per heavy atom. The Balaban J connectivity index is 1.22. The maximum absolute atomic E-state index is 13.3. The van der Waals surface area contributed by atoms with Crippen molar-refractivity contribution >= 4 is 15.7 Å². The zero-order valence-corrected chi connectivity index (χ0v) is 21.9. The summed E-state index contributed by atoms with van der Waals surface area (Å²) in [6, 6.07) is 16.7. The molecule has 0 saturated carbocycles. The zero-order valence-electron chi connectivity index (χ0n) is 21.1. The molecule has 37 heavy (non-hydrogen) atoms. The van der Waals surface area contributed by atoms with Crippen molar-refractivity contribution in [1.29, 1.82) is 0 Å². The highest BCUT2D eigenvalue weighted by Crippen LogP contribution is 2.28. The SMILES string of the molecule is Cc1ccc(S(=O)(=O)CCn2ccnc2C2CCN(C(=O)c3cnn(-c4ccccc4)c3C)CC2)cc1. The van der Waals surface area contributed by atoms with Crippen molar-refractivity contribution < 1.29 is 13.2 Å². The van der Waals surface area contributed by atoms with E-state index in [1.807, 2.05) is 72.0 Å². The Morgan fingerprint density at radius 2 is 1.70 bits per heavy atom. The van der Waals surface area contributed by atoms with Crippen LogP contribution in [0.25, 0.3) is 5.69 Å². The number of likely N-dealkylation sites (tertiary alicyclic amines) is 1. The lowest BCUT2D eigenvalue weighted by atomic mass is 9.95. The number of aromatic nitrogens is 4. The molecule has 2 aromatic carbocycles. The molecule has 5 rings (SSSR count). The lowest BCUT2D eigenvalue weighted by Crippen LogP contribution is -2.38. The van der Waals surface area contributed by atoms with Crippen LogP contribution in [-0.2, 0) is 16.4 Å². The third-order valence-electron chi connectivity index (χ3n) is 7.12. The maximum Gasteiger partial charge on any atom is 0.257 e. The van der Waals surface area contributed by atoms with E-state index in [-0.39, 0.29) is 17.6 Å². The molecule has 0 N–H and O–H groups in total. The van der Waals surface area contributed by atoms with Crippen molar-refractivity contribution in [2.24, 2.45) is 0 Å². The first-order chi connectivity index (χ1) is 17.8. The second-order valence-corrected chi connectivity index (χ2v) is 11.7. The van der Waals surface area contributed by atoms with Crippen molar-refractivity contribution in [1.82, 2.24) is 24.2 Å². The summed E-state index contributed by atoms with van der Waals surface area (Å²) in [5.74, 6) is 1.07. The van der Waals surface area contributed by atoms with Crippen LogP contribution in [-0.4, -0.2) is 57.4 Å². The smallest absolute Gasteiger partial charge is 0.257 e. The Labute approximate surface area is 217 Å². The van der Waals surface area contributed by atoms with Gasteiger partial charge >= 0.3 is 0 Å². The summed E-state index contributed by atoms with van der Waals surface area (Å²) in [6.45, 7) is 5.44. The van der Waals surface area contributed by atoms with Gasteiger partial charge in [0.25, 0.3) is 5.91 Å². The predicted molar refractivity (Wildman–Crippen MR) is 142 cm³/mol. The third kappa shape index (κ3) is 5.22. The van der Waals surface area contributed by atoms with Gasteiger partial charge in [0.05, 0.1) is 33.8 Å². The fraction of sp³-hybridized carbons (Fsp3) is 0.321. The number of sulfone groups is 1. The lowest BCUT2D eigenvalue weighted by molar-refractivity contribution is 0.0709. The van der Waals surface area contributed by atoms with E-state index in [9.17, 15) is 13.2 Å². The number of aryl methyl sites for hydroxylation is 2. The molecular formula is C28H31N5O3S. The first kappa shape index (κ1) is 25.0. The Morgan fingerprint density at radius 3 is 2.41 bits per heavy atom. The first-order valence-corrected chi connectivity index (χ1v) is 14.2. The topological polar surface area (TPSA) is 90.1 Å². The van der Waals surface area contributed by atoms with E-state index >= 15 is 0 Å². The molecule has 1 amide bonds. The molecule has 0 aliphatic carbocycles. The predicted octanol–water partition coefficient (Wildman–Crippen LogP) is 4.18. The quantitative estimate of drug-likeness (QED) is 0.367. The number of carbonyl (C=O) groups is 1. The molecular weight excluding hydrogens is 486 g/mol. The van der Waals surface area contributed by atoms with Gasteiger partial charge in [0.15, 0.2) is 9.84 Å². The summed E-state index contributed by atoms with van der Waals surface area (Å²) in [5, 5.41) is 4.44. The minimum Gasteiger partial charge on any atom is -0.338 e.